The number of benzene rings is 1. The first kappa shape index (κ1) is 24.9. The first-order valence-corrected chi connectivity index (χ1v) is 13.3. The van der Waals surface area contributed by atoms with Crippen LogP contribution in [-0.4, -0.2) is 70.8 Å². The number of hydrogen-bond acceptors (Lipinski definition) is 8. The molecule has 0 unspecified atom stereocenters. The Balaban J connectivity index is 1.25. The third kappa shape index (κ3) is 4.58. The molecule has 0 atom stereocenters. The van der Waals surface area contributed by atoms with Crippen LogP contribution in [0, 0.1) is 0 Å². The van der Waals surface area contributed by atoms with Crippen LogP contribution >= 0.6 is 11.3 Å². The number of ketones is 1. The van der Waals surface area contributed by atoms with Crippen molar-refractivity contribution < 1.29 is 19.1 Å². The summed E-state index contributed by atoms with van der Waals surface area (Å²) in [7, 11) is 0. The lowest BCUT2D eigenvalue weighted by Crippen LogP contribution is -2.54. The summed E-state index contributed by atoms with van der Waals surface area (Å²) in [5, 5.41) is 13.5. The molecule has 1 saturated heterocycles. The highest BCUT2D eigenvalue weighted by Crippen LogP contribution is 2.45. The van der Waals surface area contributed by atoms with Crippen molar-refractivity contribution in [1.29, 1.82) is 0 Å². The van der Waals surface area contributed by atoms with Crippen LogP contribution in [0.5, 0.6) is 0 Å². The van der Waals surface area contributed by atoms with Gasteiger partial charge in [-0.05, 0) is 36.2 Å². The topological polar surface area (TPSA) is 147 Å². The minimum atomic E-state index is -0.679. The van der Waals surface area contributed by atoms with E-state index in [9.17, 15) is 14.4 Å². The molecule has 4 aromatic rings. The van der Waals surface area contributed by atoms with Crippen LogP contribution in [0.1, 0.15) is 31.2 Å². The number of amides is 3. The van der Waals surface area contributed by atoms with Gasteiger partial charge in [0.1, 0.15) is 5.69 Å². The van der Waals surface area contributed by atoms with Crippen molar-refractivity contribution in [2.75, 3.05) is 37.9 Å². The van der Waals surface area contributed by atoms with Gasteiger partial charge in [-0.1, -0.05) is 18.2 Å². The summed E-state index contributed by atoms with van der Waals surface area (Å²) in [5.41, 5.74) is 9.68. The number of primary amides is 1. The minimum absolute atomic E-state index is 0.189. The zero-order valence-corrected chi connectivity index (χ0v) is 21.7. The normalized spacial score (nSPS) is 14.6. The molecular formula is C27H25N7O4S. The van der Waals surface area contributed by atoms with Gasteiger partial charge in [-0.2, -0.15) is 5.10 Å². The predicted octanol–water partition coefficient (Wildman–Crippen LogP) is 2.85. The summed E-state index contributed by atoms with van der Waals surface area (Å²) < 4.78 is 5.41. The number of carbonyl (C=O) groups excluding carboxylic acids is 3. The van der Waals surface area contributed by atoms with Crippen LogP contribution in [0.15, 0.2) is 54.9 Å². The van der Waals surface area contributed by atoms with Gasteiger partial charge in [0, 0.05) is 37.6 Å². The smallest absolute Gasteiger partial charge is 0.334 e. The maximum Gasteiger partial charge on any atom is 0.334 e. The van der Waals surface area contributed by atoms with Gasteiger partial charge in [0.15, 0.2) is 5.78 Å². The molecule has 1 aliphatic carbocycles. The Morgan fingerprint density at radius 2 is 1.97 bits per heavy atom. The molecule has 0 spiro atoms. The number of ether oxygens (including phenoxy) is 1. The van der Waals surface area contributed by atoms with E-state index in [-0.39, 0.29) is 11.7 Å². The Hall–Kier alpha value is -4.39. The number of nitrogens with one attached hydrogen (secondary N) is 2. The number of hydrogen-bond donors (Lipinski definition) is 3. The second kappa shape index (κ2) is 10.4. The number of anilines is 1. The van der Waals surface area contributed by atoms with Gasteiger partial charge in [-0.15, -0.1) is 11.3 Å². The van der Waals surface area contributed by atoms with Crippen LogP contribution in [0.2, 0.25) is 0 Å². The molecular weight excluding hydrogens is 518 g/mol. The summed E-state index contributed by atoms with van der Waals surface area (Å²) >= 11 is 1.28. The molecule has 11 nitrogen and oxygen atoms in total. The van der Waals surface area contributed by atoms with Gasteiger partial charge >= 0.3 is 6.03 Å². The lowest BCUT2D eigenvalue weighted by Gasteiger charge is -2.36. The van der Waals surface area contributed by atoms with E-state index in [2.05, 4.69) is 20.5 Å². The van der Waals surface area contributed by atoms with Crippen molar-refractivity contribution in [3.05, 3.63) is 76.4 Å². The van der Waals surface area contributed by atoms with Crippen molar-refractivity contribution >= 4 is 34.7 Å². The molecule has 2 aliphatic rings. The van der Waals surface area contributed by atoms with Crippen molar-refractivity contribution in [2.45, 2.75) is 6.42 Å². The molecule has 1 aliphatic heterocycles. The van der Waals surface area contributed by atoms with Gasteiger partial charge in [-0.25, -0.2) is 14.8 Å². The van der Waals surface area contributed by atoms with Crippen molar-refractivity contribution in [2.24, 2.45) is 5.73 Å². The van der Waals surface area contributed by atoms with E-state index in [4.69, 9.17) is 10.5 Å². The van der Waals surface area contributed by atoms with Crippen molar-refractivity contribution in [3.8, 4) is 21.8 Å². The maximum atomic E-state index is 13.8. The van der Waals surface area contributed by atoms with Crippen molar-refractivity contribution in [1.82, 2.24) is 25.5 Å². The number of nitrogens with zero attached hydrogens (tertiary/aromatic N) is 4. The fraction of sp³-hybridized carbons (Fsp3) is 0.222. The molecule has 3 amide bonds. The highest BCUT2D eigenvalue weighted by atomic mass is 32.1. The van der Waals surface area contributed by atoms with Crippen LogP contribution < -0.4 is 16.1 Å². The van der Waals surface area contributed by atoms with Gasteiger partial charge in [0.05, 0.1) is 45.5 Å². The Labute approximate surface area is 227 Å². The standard InChI is InChI=1S/C27H25N7O4S/c28-27(37)34(33-11-13-38-14-12-33)18-5-1-4-17-21(18)25(35)22-23(17)31-32-24(22)19-6-7-20(39-19)26(36)30-10-8-16-3-2-9-29-15-16/h1-7,9,15H,8,10-14H2,(H2,28,37)(H,30,36)(H,31,32). The number of pyridine rings is 1. The van der Waals surface area contributed by atoms with Gasteiger partial charge in [-0.3, -0.25) is 19.7 Å². The Morgan fingerprint density at radius 3 is 2.74 bits per heavy atom. The summed E-state index contributed by atoms with van der Waals surface area (Å²) in [5.74, 6) is -0.444. The fourth-order valence-corrected chi connectivity index (χ4v) is 5.85. The highest BCUT2D eigenvalue weighted by molar-refractivity contribution is 7.17. The second-order valence-corrected chi connectivity index (χ2v) is 10.2. The summed E-state index contributed by atoms with van der Waals surface area (Å²) in [6, 6.07) is 12.0. The molecule has 1 fully saturated rings. The summed E-state index contributed by atoms with van der Waals surface area (Å²) in [6.45, 7) is 2.33. The molecule has 198 valence electrons. The lowest BCUT2D eigenvalue weighted by molar-refractivity contribution is 0.0364. The lowest BCUT2D eigenvalue weighted by atomic mass is 10.1. The average Bonchev–Trinajstić information content (AvgIpc) is 3.67. The van der Waals surface area contributed by atoms with Crippen LogP contribution in [-0.2, 0) is 11.2 Å². The third-order valence-electron chi connectivity index (χ3n) is 6.72. The maximum absolute atomic E-state index is 13.8. The zero-order valence-electron chi connectivity index (χ0n) is 20.8. The molecule has 0 bridgehead atoms. The van der Waals surface area contributed by atoms with Gasteiger partial charge in [0.25, 0.3) is 5.91 Å². The number of nitrogens with two attached hydrogens (primary N) is 1. The van der Waals surface area contributed by atoms with E-state index in [1.165, 1.54) is 16.3 Å². The summed E-state index contributed by atoms with van der Waals surface area (Å²) in [6.07, 6.45) is 4.16. The number of hydrazine groups is 1. The number of fused-ring (bicyclic) bond motifs is 3. The third-order valence-corrected chi connectivity index (χ3v) is 7.83. The molecule has 0 radical (unpaired) electrons. The van der Waals surface area contributed by atoms with Crippen LogP contribution in [0.4, 0.5) is 10.5 Å². The Morgan fingerprint density at radius 1 is 1.13 bits per heavy atom. The Bertz CT molecular complexity index is 1560. The number of aromatic nitrogens is 3. The number of aromatic amines is 1. The van der Waals surface area contributed by atoms with Crippen LogP contribution in [0.25, 0.3) is 21.8 Å². The number of rotatable bonds is 7. The van der Waals surface area contributed by atoms with Gasteiger partial charge < -0.3 is 15.8 Å². The van der Waals surface area contributed by atoms with E-state index in [1.807, 2.05) is 12.1 Å². The predicted molar refractivity (Wildman–Crippen MR) is 145 cm³/mol. The average molecular weight is 544 g/mol. The molecule has 12 heteroatoms. The number of urea groups is 1. The minimum Gasteiger partial charge on any atom is -0.379 e. The largest absolute Gasteiger partial charge is 0.379 e. The van der Waals surface area contributed by atoms with E-state index in [0.717, 1.165) is 5.56 Å². The monoisotopic (exact) mass is 543 g/mol. The van der Waals surface area contributed by atoms with Crippen molar-refractivity contribution in [3.63, 3.8) is 0 Å². The van der Waals surface area contributed by atoms with E-state index in [1.54, 1.807) is 47.7 Å². The Kier molecular flexibility index (Phi) is 6.65. The summed E-state index contributed by atoms with van der Waals surface area (Å²) in [4.78, 5) is 44.4. The second-order valence-electron chi connectivity index (χ2n) is 9.10. The SMILES string of the molecule is NC(=O)N(c1cccc2c1C(=O)c1c-2n[nH]c1-c1ccc(C(=O)NCCc2cccnc2)s1)N1CCOCC1. The van der Waals surface area contributed by atoms with E-state index >= 15 is 0 Å². The fourth-order valence-electron chi connectivity index (χ4n) is 4.93. The van der Waals surface area contributed by atoms with E-state index in [0.29, 0.717) is 82.8 Å². The molecule has 6 rings (SSSR count). The first-order chi connectivity index (χ1) is 19.0. The number of morpholine rings is 1. The molecule has 4 N–H and O–H groups in total. The van der Waals surface area contributed by atoms with Gasteiger partial charge in [0.2, 0.25) is 0 Å². The zero-order chi connectivity index (χ0) is 26.9. The molecule has 3 aromatic heterocycles. The molecule has 0 saturated carbocycles. The first-order valence-electron chi connectivity index (χ1n) is 12.5. The molecule has 1 aromatic carbocycles. The highest BCUT2D eigenvalue weighted by Gasteiger charge is 2.38. The number of H-pyrrole nitrogens is 1. The van der Waals surface area contributed by atoms with Crippen LogP contribution in [0.3, 0.4) is 0 Å². The number of thiophene rings is 1. The quantitative estimate of drug-likeness (QED) is 0.286. The molecule has 4 heterocycles. The van der Waals surface area contributed by atoms with E-state index < -0.39 is 6.03 Å². The number of carbonyl (C=O) groups is 3. The molecule has 39 heavy (non-hydrogen) atoms.